The summed E-state index contributed by atoms with van der Waals surface area (Å²) in [6, 6.07) is 10.2. The predicted octanol–water partition coefficient (Wildman–Crippen LogP) is 3.33. The van der Waals surface area contributed by atoms with Crippen LogP contribution in [-0.4, -0.2) is 24.7 Å². The van der Waals surface area contributed by atoms with E-state index in [0.29, 0.717) is 19.1 Å². The molecule has 1 unspecified atom stereocenters. The zero-order valence-electron chi connectivity index (χ0n) is 12.9. The zero-order chi connectivity index (χ0) is 14.8. The van der Waals surface area contributed by atoms with E-state index in [0.717, 1.165) is 24.8 Å². The van der Waals surface area contributed by atoms with E-state index in [9.17, 15) is 4.79 Å². The first-order chi connectivity index (χ1) is 9.71. The van der Waals surface area contributed by atoms with Gasteiger partial charge in [0.15, 0.2) is 0 Å². The molecule has 112 valence electrons. The molecular formula is C17H27NO2. The Labute approximate surface area is 122 Å². The lowest BCUT2D eigenvalue weighted by atomic mass is 10.0. The van der Waals surface area contributed by atoms with Gasteiger partial charge in [-0.05, 0) is 31.2 Å². The van der Waals surface area contributed by atoms with Crippen molar-refractivity contribution in [1.29, 1.82) is 0 Å². The second kappa shape index (κ2) is 9.54. The van der Waals surface area contributed by atoms with Gasteiger partial charge in [0.05, 0.1) is 6.61 Å². The molecule has 0 bridgehead atoms. The summed E-state index contributed by atoms with van der Waals surface area (Å²) in [5.74, 6) is -0.136. The van der Waals surface area contributed by atoms with E-state index < -0.39 is 0 Å². The van der Waals surface area contributed by atoms with Gasteiger partial charge in [-0.2, -0.15) is 0 Å². The molecule has 1 aromatic rings. The molecule has 0 aliphatic carbocycles. The molecule has 0 aliphatic rings. The lowest BCUT2D eigenvalue weighted by molar-refractivity contribution is -0.146. The van der Waals surface area contributed by atoms with Gasteiger partial charge in [0, 0.05) is 6.04 Å². The van der Waals surface area contributed by atoms with Crippen molar-refractivity contribution >= 4 is 5.97 Å². The fraction of sp³-hybridized carbons (Fsp3) is 0.588. The van der Waals surface area contributed by atoms with Crippen LogP contribution in [0.15, 0.2) is 30.3 Å². The lowest BCUT2D eigenvalue weighted by Gasteiger charge is -2.23. The first kappa shape index (κ1) is 16.7. The van der Waals surface area contributed by atoms with E-state index in [-0.39, 0.29) is 12.0 Å². The average molecular weight is 277 g/mol. The summed E-state index contributed by atoms with van der Waals surface area (Å²) >= 11 is 0. The molecule has 0 spiro atoms. The Morgan fingerprint density at radius 2 is 1.80 bits per heavy atom. The number of ether oxygens (including phenoxy) is 1. The summed E-state index contributed by atoms with van der Waals surface area (Å²) in [6.45, 7) is 6.78. The van der Waals surface area contributed by atoms with Crippen LogP contribution in [0.3, 0.4) is 0 Å². The predicted molar refractivity (Wildman–Crippen MR) is 82.7 cm³/mol. The second-order valence-corrected chi connectivity index (χ2v) is 5.09. The molecule has 1 aromatic carbocycles. The van der Waals surface area contributed by atoms with Gasteiger partial charge in [0.1, 0.15) is 6.04 Å². The molecule has 0 saturated heterocycles. The topological polar surface area (TPSA) is 38.3 Å². The Kier molecular flexibility index (Phi) is 7.97. The molecule has 1 N–H and O–H groups in total. The van der Waals surface area contributed by atoms with Gasteiger partial charge < -0.3 is 10.1 Å². The Hall–Kier alpha value is -1.35. The van der Waals surface area contributed by atoms with Crippen molar-refractivity contribution in [2.75, 3.05) is 6.61 Å². The Balaban J connectivity index is 2.70. The lowest BCUT2D eigenvalue weighted by Crippen LogP contribution is -2.45. The van der Waals surface area contributed by atoms with E-state index in [2.05, 4.69) is 31.3 Å². The highest BCUT2D eigenvalue weighted by Crippen LogP contribution is 2.08. The van der Waals surface area contributed by atoms with E-state index in [4.69, 9.17) is 4.74 Å². The summed E-state index contributed by atoms with van der Waals surface area (Å²) < 4.78 is 5.31. The highest BCUT2D eigenvalue weighted by atomic mass is 16.5. The quantitative estimate of drug-likeness (QED) is 0.704. The molecule has 0 fully saturated rings. The van der Waals surface area contributed by atoms with Crippen molar-refractivity contribution in [2.45, 2.75) is 58.5 Å². The number of nitrogens with one attached hydrogen (secondary N) is 1. The number of esters is 1. The average Bonchev–Trinajstić information content (AvgIpc) is 2.50. The number of benzene rings is 1. The maximum absolute atomic E-state index is 12.2. The summed E-state index contributed by atoms with van der Waals surface area (Å²) in [5.41, 5.74) is 1.16. The first-order valence-corrected chi connectivity index (χ1v) is 7.67. The third-order valence-electron chi connectivity index (χ3n) is 3.44. The van der Waals surface area contributed by atoms with Crippen LogP contribution in [0.25, 0.3) is 0 Å². The van der Waals surface area contributed by atoms with Gasteiger partial charge in [-0.1, -0.05) is 51.1 Å². The minimum absolute atomic E-state index is 0.136. The molecule has 1 atom stereocenters. The standard InChI is InChI=1S/C17H27NO2/c1-4-12-20-17(19)16(18-15(5-2)6-3)13-14-10-8-7-9-11-14/h7-11,15-16,18H,4-6,12-13H2,1-3H3. The van der Waals surface area contributed by atoms with Gasteiger partial charge in [-0.3, -0.25) is 4.79 Å². The Morgan fingerprint density at radius 1 is 1.15 bits per heavy atom. The van der Waals surface area contributed by atoms with Crippen molar-refractivity contribution in [2.24, 2.45) is 0 Å². The van der Waals surface area contributed by atoms with Crippen molar-refractivity contribution in [1.82, 2.24) is 5.32 Å². The van der Waals surface area contributed by atoms with Crippen LogP contribution in [0, 0.1) is 0 Å². The molecule has 3 heteroatoms. The Bertz CT molecular complexity index is 374. The number of hydrogen-bond donors (Lipinski definition) is 1. The number of hydrogen-bond acceptors (Lipinski definition) is 3. The van der Waals surface area contributed by atoms with E-state index in [1.807, 2.05) is 25.1 Å². The molecule has 1 rings (SSSR count). The molecule has 0 aromatic heterocycles. The van der Waals surface area contributed by atoms with Crippen LogP contribution < -0.4 is 5.32 Å². The van der Waals surface area contributed by atoms with Gasteiger partial charge in [0.2, 0.25) is 0 Å². The third-order valence-corrected chi connectivity index (χ3v) is 3.44. The minimum Gasteiger partial charge on any atom is -0.465 e. The molecule has 0 aliphatic heterocycles. The number of carbonyl (C=O) groups is 1. The summed E-state index contributed by atoms with van der Waals surface area (Å²) in [6.07, 6.45) is 3.57. The largest absolute Gasteiger partial charge is 0.465 e. The second-order valence-electron chi connectivity index (χ2n) is 5.09. The molecular weight excluding hydrogens is 250 g/mol. The molecule has 0 radical (unpaired) electrons. The van der Waals surface area contributed by atoms with Crippen molar-refractivity contribution in [3.63, 3.8) is 0 Å². The van der Waals surface area contributed by atoms with Gasteiger partial charge in [-0.25, -0.2) is 0 Å². The van der Waals surface area contributed by atoms with Crippen LogP contribution in [-0.2, 0) is 16.0 Å². The maximum atomic E-state index is 12.2. The molecule has 0 saturated carbocycles. The van der Waals surface area contributed by atoms with Gasteiger partial charge in [-0.15, -0.1) is 0 Å². The smallest absolute Gasteiger partial charge is 0.323 e. The van der Waals surface area contributed by atoms with Crippen LogP contribution in [0.1, 0.15) is 45.6 Å². The normalized spacial score (nSPS) is 12.4. The molecule has 20 heavy (non-hydrogen) atoms. The highest BCUT2D eigenvalue weighted by molar-refractivity contribution is 5.76. The van der Waals surface area contributed by atoms with E-state index in [1.54, 1.807) is 0 Å². The maximum Gasteiger partial charge on any atom is 0.323 e. The SMILES string of the molecule is CCCOC(=O)C(Cc1ccccc1)NC(CC)CC. The number of carbonyl (C=O) groups excluding carboxylic acids is 1. The fourth-order valence-electron chi connectivity index (χ4n) is 2.17. The van der Waals surface area contributed by atoms with Gasteiger partial charge >= 0.3 is 5.97 Å². The zero-order valence-corrected chi connectivity index (χ0v) is 12.9. The van der Waals surface area contributed by atoms with E-state index >= 15 is 0 Å². The van der Waals surface area contributed by atoms with Crippen LogP contribution in [0.5, 0.6) is 0 Å². The molecule has 3 nitrogen and oxygen atoms in total. The monoisotopic (exact) mass is 277 g/mol. The van der Waals surface area contributed by atoms with Crippen LogP contribution >= 0.6 is 0 Å². The fourth-order valence-corrected chi connectivity index (χ4v) is 2.17. The minimum atomic E-state index is -0.256. The Morgan fingerprint density at radius 3 is 2.35 bits per heavy atom. The van der Waals surface area contributed by atoms with Crippen molar-refractivity contribution in [3.05, 3.63) is 35.9 Å². The van der Waals surface area contributed by atoms with Crippen LogP contribution in [0.2, 0.25) is 0 Å². The highest BCUT2D eigenvalue weighted by Gasteiger charge is 2.22. The van der Waals surface area contributed by atoms with Gasteiger partial charge in [0.25, 0.3) is 0 Å². The van der Waals surface area contributed by atoms with Crippen LogP contribution in [0.4, 0.5) is 0 Å². The van der Waals surface area contributed by atoms with Crippen molar-refractivity contribution in [3.8, 4) is 0 Å². The van der Waals surface area contributed by atoms with Crippen molar-refractivity contribution < 1.29 is 9.53 Å². The first-order valence-electron chi connectivity index (χ1n) is 7.67. The summed E-state index contributed by atoms with van der Waals surface area (Å²) in [4.78, 5) is 12.2. The van der Waals surface area contributed by atoms with E-state index in [1.165, 1.54) is 0 Å². The summed E-state index contributed by atoms with van der Waals surface area (Å²) in [5, 5.41) is 3.44. The summed E-state index contributed by atoms with van der Waals surface area (Å²) in [7, 11) is 0. The third kappa shape index (κ3) is 5.74. The molecule has 0 heterocycles. The molecule has 0 amide bonds. The number of rotatable bonds is 9.